The van der Waals surface area contributed by atoms with Crippen LogP contribution >= 0.6 is 11.3 Å². The molecule has 0 aliphatic rings. The Balaban J connectivity index is 2.20. The Morgan fingerprint density at radius 3 is 3.00 bits per heavy atom. The van der Waals surface area contributed by atoms with E-state index in [4.69, 9.17) is 10.5 Å². The van der Waals surface area contributed by atoms with Crippen LogP contribution in [0.1, 0.15) is 19.0 Å². The highest BCUT2D eigenvalue weighted by atomic mass is 32.1. The quantitative estimate of drug-likeness (QED) is 0.884. The first-order valence-corrected chi connectivity index (χ1v) is 6.59. The third kappa shape index (κ3) is 3.05. The molecule has 0 radical (unpaired) electrons. The van der Waals surface area contributed by atoms with Crippen LogP contribution in [0.25, 0.3) is 10.6 Å². The highest BCUT2D eigenvalue weighted by Crippen LogP contribution is 2.26. The van der Waals surface area contributed by atoms with Gasteiger partial charge < -0.3 is 10.5 Å². The molecule has 0 aliphatic carbocycles. The Labute approximate surface area is 105 Å². The second-order valence-electron chi connectivity index (χ2n) is 3.72. The monoisotopic (exact) mass is 248 g/mol. The number of nitrogens with zero attached hydrogens (tertiary/aromatic N) is 1. The highest BCUT2D eigenvalue weighted by Gasteiger charge is 2.04. The largest absolute Gasteiger partial charge is 0.494 e. The van der Waals surface area contributed by atoms with Crippen molar-refractivity contribution in [1.82, 2.24) is 4.98 Å². The van der Waals surface area contributed by atoms with Crippen LogP contribution < -0.4 is 10.5 Å². The van der Waals surface area contributed by atoms with E-state index in [1.165, 1.54) is 0 Å². The van der Waals surface area contributed by atoms with E-state index in [1.54, 1.807) is 11.3 Å². The van der Waals surface area contributed by atoms with Crippen LogP contribution in [-0.4, -0.2) is 11.6 Å². The van der Waals surface area contributed by atoms with E-state index in [2.05, 4.69) is 11.9 Å². The molecule has 0 fully saturated rings. The van der Waals surface area contributed by atoms with Crippen molar-refractivity contribution in [2.75, 3.05) is 6.61 Å². The average Bonchev–Trinajstić information content (AvgIpc) is 2.85. The van der Waals surface area contributed by atoms with Crippen molar-refractivity contribution in [2.45, 2.75) is 19.9 Å². The maximum atomic E-state index is 5.60. The summed E-state index contributed by atoms with van der Waals surface area (Å²) in [6, 6.07) is 8.02. The van der Waals surface area contributed by atoms with Gasteiger partial charge in [0, 0.05) is 17.5 Å². The molecule has 0 spiro atoms. The summed E-state index contributed by atoms with van der Waals surface area (Å²) >= 11 is 1.61. The molecule has 0 unspecified atom stereocenters. The smallest absolute Gasteiger partial charge is 0.123 e. The molecule has 2 aromatic rings. The third-order valence-corrected chi connectivity index (χ3v) is 3.25. The Morgan fingerprint density at radius 1 is 1.41 bits per heavy atom. The van der Waals surface area contributed by atoms with Crippen LogP contribution in [0.15, 0.2) is 29.6 Å². The average molecular weight is 248 g/mol. The molecule has 1 aromatic heterocycles. The van der Waals surface area contributed by atoms with Crippen LogP contribution in [0.3, 0.4) is 0 Å². The van der Waals surface area contributed by atoms with Crippen molar-refractivity contribution >= 4 is 11.3 Å². The van der Waals surface area contributed by atoms with E-state index >= 15 is 0 Å². The molecule has 0 amide bonds. The van der Waals surface area contributed by atoms with Gasteiger partial charge in [0.05, 0.1) is 12.3 Å². The molecule has 0 atom stereocenters. The summed E-state index contributed by atoms with van der Waals surface area (Å²) in [7, 11) is 0. The minimum absolute atomic E-state index is 0.489. The lowest BCUT2D eigenvalue weighted by atomic mass is 10.2. The molecular weight excluding hydrogens is 232 g/mol. The van der Waals surface area contributed by atoms with E-state index < -0.39 is 0 Å². The highest BCUT2D eigenvalue weighted by molar-refractivity contribution is 7.13. The van der Waals surface area contributed by atoms with Gasteiger partial charge in [-0.05, 0) is 18.6 Å². The zero-order chi connectivity index (χ0) is 12.1. The van der Waals surface area contributed by atoms with Gasteiger partial charge in [0.25, 0.3) is 0 Å². The van der Waals surface area contributed by atoms with Gasteiger partial charge in [-0.1, -0.05) is 19.1 Å². The van der Waals surface area contributed by atoms with E-state index in [9.17, 15) is 0 Å². The van der Waals surface area contributed by atoms with Gasteiger partial charge in [-0.2, -0.15) is 0 Å². The van der Waals surface area contributed by atoms with Crippen LogP contribution in [0.2, 0.25) is 0 Å². The molecule has 1 heterocycles. The molecular formula is C13H16N2OS. The standard InChI is InChI=1S/C13H16N2OS/c1-2-6-16-12-5-3-4-10(7-12)13-15-11(8-14)9-17-13/h3-5,7,9H,2,6,8,14H2,1H3. The van der Waals surface area contributed by atoms with E-state index in [1.807, 2.05) is 29.6 Å². The van der Waals surface area contributed by atoms with Crippen LogP contribution in [0.5, 0.6) is 5.75 Å². The number of aromatic nitrogens is 1. The molecule has 2 N–H and O–H groups in total. The van der Waals surface area contributed by atoms with Crippen molar-refractivity contribution in [2.24, 2.45) is 5.73 Å². The number of benzene rings is 1. The summed E-state index contributed by atoms with van der Waals surface area (Å²) < 4.78 is 5.60. The summed E-state index contributed by atoms with van der Waals surface area (Å²) in [5, 5.41) is 2.99. The fraction of sp³-hybridized carbons (Fsp3) is 0.308. The molecule has 1 aromatic carbocycles. The number of thiazole rings is 1. The fourth-order valence-corrected chi connectivity index (χ4v) is 2.30. The van der Waals surface area contributed by atoms with Gasteiger partial charge in [0.15, 0.2) is 0 Å². The Kier molecular flexibility index (Phi) is 4.12. The Morgan fingerprint density at radius 2 is 2.29 bits per heavy atom. The van der Waals surface area contributed by atoms with Crippen molar-refractivity contribution in [3.63, 3.8) is 0 Å². The summed E-state index contributed by atoms with van der Waals surface area (Å²) in [5.41, 5.74) is 7.58. The molecule has 4 heteroatoms. The van der Waals surface area contributed by atoms with Gasteiger partial charge in [-0.15, -0.1) is 11.3 Å². The maximum absolute atomic E-state index is 5.60. The molecule has 0 aliphatic heterocycles. The number of rotatable bonds is 5. The number of hydrogen-bond acceptors (Lipinski definition) is 4. The van der Waals surface area contributed by atoms with Gasteiger partial charge >= 0.3 is 0 Å². The lowest BCUT2D eigenvalue weighted by Crippen LogP contribution is -1.96. The fourth-order valence-electron chi connectivity index (χ4n) is 1.47. The molecule has 0 bridgehead atoms. The summed E-state index contributed by atoms with van der Waals surface area (Å²) in [6.07, 6.45) is 1.01. The molecule has 0 saturated carbocycles. The predicted molar refractivity (Wildman–Crippen MR) is 71.2 cm³/mol. The van der Waals surface area contributed by atoms with Crippen LogP contribution in [0, 0.1) is 0 Å². The maximum Gasteiger partial charge on any atom is 0.123 e. The molecule has 2 rings (SSSR count). The van der Waals surface area contributed by atoms with E-state index in [0.29, 0.717) is 6.54 Å². The second kappa shape index (κ2) is 5.80. The second-order valence-corrected chi connectivity index (χ2v) is 4.58. The first-order chi connectivity index (χ1) is 8.33. The summed E-state index contributed by atoms with van der Waals surface area (Å²) in [5.74, 6) is 0.897. The number of hydrogen-bond donors (Lipinski definition) is 1. The first-order valence-electron chi connectivity index (χ1n) is 5.71. The minimum atomic E-state index is 0.489. The molecule has 3 nitrogen and oxygen atoms in total. The van der Waals surface area contributed by atoms with Crippen molar-refractivity contribution in [3.8, 4) is 16.3 Å². The zero-order valence-corrected chi connectivity index (χ0v) is 10.7. The lowest BCUT2D eigenvalue weighted by molar-refractivity contribution is 0.317. The van der Waals surface area contributed by atoms with Crippen molar-refractivity contribution in [1.29, 1.82) is 0 Å². The van der Waals surface area contributed by atoms with Crippen molar-refractivity contribution in [3.05, 3.63) is 35.3 Å². The van der Waals surface area contributed by atoms with Gasteiger partial charge in [0.1, 0.15) is 10.8 Å². The van der Waals surface area contributed by atoms with Crippen LogP contribution in [-0.2, 0) is 6.54 Å². The molecule has 17 heavy (non-hydrogen) atoms. The van der Waals surface area contributed by atoms with E-state index in [-0.39, 0.29) is 0 Å². The summed E-state index contributed by atoms with van der Waals surface area (Å²) in [4.78, 5) is 4.46. The molecule has 90 valence electrons. The third-order valence-electron chi connectivity index (χ3n) is 2.31. The Hall–Kier alpha value is -1.39. The predicted octanol–water partition coefficient (Wildman–Crippen LogP) is 3.06. The van der Waals surface area contributed by atoms with E-state index in [0.717, 1.165) is 35.0 Å². The SMILES string of the molecule is CCCOc1cccc(-c2nc(CN)cs2)c1. The zero-order valence-electron chi connectivity index (χ0n) is 9.85. The van der Waals surface area contributed by atoms with Gasteiger partial charge in [0.2, 0.25) is 0 Å². The summed E-state index contributed by atoms with van der Waals surface area (Å²) in [6.45, 7) is 3.33. The normalized spacial score (nSPS) is 10.5. The van der Waals surface area contributed by atoms with Gasteiger partial charge in [-0.3, -0.25) is 0 Å². The minimum Gasteiger partial charge on any atom is -0.494 e. The van der Waals surface area contributed by atoms with Gasteiger partial charge in [-0.25, -0.2) is 4.98 Å². The van der Waals surface area contributed by atoms with Crippen molar-refractivity contribution < 1.29 is 4.74 Å². The number of ether oxygens (including phenoxy) is 1. The number of nitrogens with two attached hydrogens (primary N) is 1. The Bertz CT molecular complexity index is 482. The topological polar surface area (TPSA) is 48.1 Å². The first kappa shape index (κ1) is 12.1. The lowest BCUT2D eigenvalue weighted by Gasteiger charge is -2.05. The van der Waals surface area contributed by atoms with Crippen LogP contribution in [0.4, 0.5) is 0 Å². The molecule has 0 saturated heterocycles.